The number of thioether (sulfide) groups is 1. The van der Waals surface area contributed by atoms with Crippen molar-refractivity contribution in [3.8, 4) is 11.8 Å². The van der Waals surface area contributed by atoms with E-state index in [1.807, 2.05) is 36.6 Å². The standard InChI is InChI=1S/C25H27N5O2S2/c1-4-12-30-22(14-32-20-10-7-8-16(2)17(20)3)28-29-25(30)33-15-23(31)27-24-19(13-26)18-9-5-6-11-21(18)34-24/h4,7-8,10H,1,5-6,9,11-12,14-15H2,2-3H3,(H,27,31). The van der Waals surface area contributed by atoms with Crippen molar-refractivity contribution in [1.82, 2.24) is 14.8 Å². The summed E-state index contributed by atoms with van der Waals surface area (Å²) in [5, 5.41) is 22.4. The van der Waals surface area contributed by atoms with Crippen LogP contribution in [0.5, 0.6) is 5.75 Å². The third kappa shape index (κ3) is 5.18. The highest BCUT2D eigenvalue weighted by Gasteiger charge is 2.22. The minimum Gasteiger partial charge on any atom is -0.485 e. The van der Waals surface area contributed by atoms with Gasteiger partial charge < -0.3 is 10.1 Å². The third-order valence-electron chi connectivity index (χ3n) is 5.89. The Hall–Kier alpha value is -3.09. The van der Waals surface area contributed by atoms with Crippen LogP contribution in [0.1, 0.15) is 45.8 Å². The highest BCUT2D eigenvalue weighted by Crippen LogP contribution is 2.37. The maximum atomic E-state index is 12.7. The van der Waals surface area contributed by atoms with Gasteiger partial charge in [-0.05, 0) is 62.3 Å². The van der Waals surface area contributed by atoms with E-state index in [1.165, 1.54) is 33.5 Å². The molecule has 0 spiro atoms. The molecule has 2 heterocycles. The number of allylic oxidation sites excluding steroid dienone is 1. The molecule has 0 unspecified atom stereocenters. The first kappa shape index (κ1) is 24.0. The Balaban J connectivity index is 1.41. The molecule has 1 aliphatic carbocycles. The average molecular weight is 494 g/mol. The van der Waals surface area contributed by atoms with Crippen molar-refractivity contribution in [2.45, 2.75) is 57.8 Å². The van der Waals surface area contributed by atoms with Crippen LogP contribution in [0.2, 0.25) is 0 Å². The van der Waals surface area contributed by atoms with Crippen LogP contribution in [-0.2, 0) is 30.8 Å². The van der Waals surface area contributed by atoms with Crippen LogP contribution < -0.4 is 10.1 Å². The molecule has 0 bridgehead atoms. The smallest absolute Gasteiger partial charge is 0.235 e. The molecule has 1 N–H and O–H groups in total. The number of benzene rings is 1. The number of anilines is 1. The van der Waals surface area contributed by atoms with Crippen LogP contribution in [0.25, 0.3) is 0 Å². The Morgan fingerprint density at radius 1 is 1.35 bits per heavy atom. The topological polar surface area (TPSA) is 92.8 Å². The average Bonchev–Trinajstić information content (AvgIpc) is 3.39. The molecule has 7 nitrogen and oxygen atoms in total. The molecule has 176 valence electrons. The van der Waals surface area contributed by atoms with E-state index in [4.69, 9.17) is 4.74 Å². The van der Waals surface area contributed by atoms with Crippen molar-refractivity contribution < 1.29 is 9.53 Å². The van der Waals surface area contributed by atoms with Gasteiger partial charge in [-0.15, -0.1) is 28.1 Å². The lowest BCUT2D eigenvalue weighted by Gasteiger charge is -2.12. The van der Waals surface area contributed by atoms with Gasteiger partial charge in [-0.25, -0.2) is 0 Å². The largest absolute Gasteiger partial charge is 0.485 e. The zero-order valence-electron chi connectivity index (χ0n) is 19.4. The highest BCUT2D eigenvalue weighted by molar-refractivity contribution is 7.99. The number of carbonyl (C=O) groups excluding carboxylic acids is 1. The van der Waals surface area contributed by atoms with E-state index >= 15 is 0 Å². The number of nitrogens with one attached hydrogen (secondary N) is 1. The van der Waals surface area contributed by atoms with Crippen molar-refractivity contribution >= 4 is 34.0 Å². The van der Waals surface area contributed by atoms with Crippen LogP contribution in [0, 0.1) is 25.2 Å². The zero-order valence-corrected chi connectivity index (χ0v) is 21.0. The lowest BCUT2D eigenvalue weighted by molar-refractivity contribution is -0.113. The molecule has 0 saturated heterocycles. The number of aromatic nitrogens is 3. The molecule has 1 amide bonds. The summed E-state index contributed by atoms with van der Waals surface area (Å²) < 4.78 is 7.90. The Kier molecular flexibility index (Phi) is 7.70. The summed E-state index contributed by atoms with van der Waals surface area (Å²) in [6.45, 7) is 8.69. The van der Waals surface area contributed by atoms with Crippen LogP contribution in [0.15, 0.2) is 36.0 Å². The van der Waals surface area contributed by atoms with E-state index in [1.54, 1.807) is 6.08 Å². The molecule has 0 saturated carbocycles. The number of carbonyl (C=O) groups is 1. The van der Waals surface area contributed by atoms with Gasteiger partial charge >= 0.3 is 0 Å². The Labute approximate surface area is 207 Å². The number of ether oxygens (including phenoxy) is 1. The fourth-order valence-corrected chi connectivity index (χ4v) is 5.96. The van der Waals surface area contributed by atoms with E-state index in [0.29, 0.717) is 28.1 Å². The summed E-state index contributed by atoms with van der Waals surface area (Å²) in [5.41, 5.74) is 3.99. The van der Waals surface area contributed by atoms with E-state index in [0.717, 1.165) is 42.6 Å². The van der Waals surface area contributed by atoms with Gasteiger partial charge in [0.15, 0.2) is 11.0 Å². The van der Waals surface area contributed by atoms with Gasteiger partial charge in [0.1, 0.15) is 23.4 Å². The number of aryl methyl sites for hydroxylation is 2. The molecule has 0 fully saturated rings. The lowest BCUT2D eigenvalue weighted by atomic mass is 9.96. The molecule has 0 aliphatic heterocycles. The molecule has 9 heteroatoms. The van der Waals surface area contributed by atoms with Gasteiger partial charge in [-0.3, -0.25) is 9.36 Å². The molecule has 4 rings (SSSR count). The number of nitrogens with zero attached hydrogens (tertiary/aromatic N) is 4. The van der Waals surface area contributed by atoms with Crippen LogP contribution in [-0.4, -0.2) is 26.4 Å². The summed E-state index contributed by atoms with van der Waals surface area (Å²) in [5.74, 6) is 1.48. The van der Waals surface area contributed by atoms with Gasteiger partial charge in [-0.2, -0.15) is 5.26 Å². The minimum atomic E-state index is -0.165. The summed E-state index contributed by atoms with van der Waals surface area (Å²) in [6, 6.07) is 8.24. The number of fused-ring (bicyclic) bond motifs is 1. The third-order valence-corrected chi connectivity index (χ3v) is 8.06. The summed E-state index contributed by atoms with van der Waals surface area (Å²) in [4.78, 5) is 13.9. The van der Waals surface area contributed by atoms with E-state index in [9.17, 15) is 10.1 Å². The summed E-state index contributed by atoms with van der Waals surface area (Å²) in [6.07, 6.45) is 5.89. The zero-order chi connectivity index (χ0) is 24.1. The maximum absolute atomic E-state index is 12.7. The van der Waals surface area contributed by atoms with E-state index in [2.05, 4.69) is 28.2 Å². The molecule has 0 atom stereocenters. The van der Waals surface area contributed by atoms with Crippen LogP contribution >= 0.6 is 23.1 Å². The molecule has 0 radical (unpaired) electrons. The number of amides is 1. The van der Waals surface area contributed by atoms with Crippen LogP contribution in [0.4, 0.5) is 5.00 Å². The molecule has 1 aliphatic rings. The Bertz CT molecular complexity index is 1250. The first-order valence-electron chi connectivity index (χ1n) is 11.2. The maximum Gasteiger partial charge on any atom is 0.235 e. The predicted octanol–water partition coefficient (Wildman–Crippen LogP) is 5.20. The first-order chi connectivity index (χ1) is 16.5. The van der Waals surface area contributed by atoms with Crippen molar-refractivity contribution in [2.75, 3.05) is 11.1 Å². The molecular weight excluding hydrogens is 466 g/mol. The number of hydrogen-bond acceptors (Lipinski definition) is 7. The van der Waals surface area contributed by atoms with Gasteiger partial charge in [0, 0.05) is 11.4 Å². The fraction of sp³-hybridized carbons (Fsp3) is 0.360. The van der Waals surface area contributed by atoms with Gasteiger partial charge in [0.25, 0.3) is 0 Å². The van der Waals surface area contributed by atoms with E-state index in [-0.39, 0.29) is 18.3 Å². The highest BCUT2D eigenvalue weighted by atomic mass is 32.2. The van der Waals surface area contributed by atoms with Gasteiger partial charge in [0.2, 0.25) is 5.91 Å². The minimum absolute atomic E-state index is 0.165. The summed E-state index contributed by atoms with van der Waals surface area (Å²) >= 11 is 2.84. The monoisotopic (exact) mass is 493 g/mol. The van der Waals surface area contributed by atoms with Crippen molar-refractivity contribution in [3.63, 3.8) is 0 Å². The predicted molar refractivity (Wildman–Crippen MR) is 135 cm³/mol. The number of thiophene rings is 1. The number of nitriles is 1. The normalized spacial score (nSPS) is 12.6. The van der Waals surface area contributed by atoms with Gasteiger partial charge in [-0.1, -0.05) is 30.0 Å². The quantitative estimate of drug-likeness (QED) is 0.325. The van der Waals surface area contributed by atoms with Crippen molar-refractivity contribution in [2.24, 2.45) is 0 Å². The number of hydrogen-bond donors (Lipinski definition) is 1. The first-order valence-corrected chi connectivity index (χ1v) is 13.0. The van der Waals surface area contributed by atoms with Gasteiger partial charge in [0.05, 0.1) is 11.3 Å². The molecule has 3 aromatic rings. The van der Waals surface area contributed by atoms with Crippen molar-refractivity contribution in [1.29, 1.82) is 5.26 Å². The van der Waals surface area contributed by atoms with E-state index < -0.39 is 0 Å². The Morgan fingerprint density at radius 2 is 2.18 bits per heavy atom. The second-order valence-electron chi connectivity index (χ2n) is 8.15. The molecular formula is C25H27N5O2S2. The Morgan fingerprint density at radius 3 is 2.97 bits per heavy atom. The lowest BCUT2D eigenvalue weighted by Crippen LogP contribution is -2.15. The van der Waals surface area contributed by atoms with Crippen LogP contribution in [0.3, 0.4) is 0 Å². The SMILES string of the molecule is C=CCn1c(COc2cccc(C)c2C)nnc1SCC(=O)Nc1sc2c(c1C#N)CCCC2. The molecule has 1 aromatic carbocycles. The number of rotatable bonds is 9. The molecule has 2 aromatic heterocycles. The van der Waals surface area contributed by atoms with Crippen molar-refractivity contribution in [3.05, 3.63) is 63.8 Å². The summed E-state index contributed by atoms with van der Waals surface area (Å²) in [7, 11) is 0. The molecule has 34 heavy (non-hydrogen) atoms. The fourth-order valence-electron chi connectivity index (χ4n) is 3.93. The second-order valence-corrected chi connectivity index (χ2v) is 10.2. The second kappa shape index (κ2) is 10.9.